The molecule has 5 heteroatoms. The van der Waals surface area contributed by atoms with Crippen LogP contribution < -0.4 is 5.73 Å². The van der Waals surface area contributed by atoms with Crippen LogP contribution in [0.2, 0.25) is 0 Å². The van der Waals surface area contributed by atoms with Crippen LogP contribution in [0, 0.1) is 0 Å². The average molecular weight is 267 g/mol. The van der Waals surface area contributed by atoms with E-state index in [1.165, 1.54) is 32.1 Å². The van der Waals surface area contributed by atoms with E-state index in [2.05, 4.69) is 9.97 Å². The number of aromatic nitrogens is 2. The van der Waals surface area contributed by atoms with E-state index in [9.17, 15) is 0 Å². The lowest BCUT2D eigenvalue weighted by molar-refractivity contribution is 0.181. The van der Waals surface area contributed by atoms with Gasteiger partial charge < -0.3 is 10.5 Å². The maximum absolute atomic E-state index is 5.78. The van der Waals surface area contributed by atoms with Gasteiger partial charge in [0, 0.05) is 18.4 Å². The number of anilines is 1. The van der Waals surface area contributed by atoms with Crippen molar-refractivity contribution in [2.45, 2.75) is 49.7 Å². The maximum atomic E-state index is 5.78. The van der Waals surface area contributed by atoms with Crippen LogP contribution in [0.4, 0.5) is 5.82 Å². The number of hydrogen-bond donors (Lipinski definition) is 1. The molecule has 100 valence electrons. The van der Waals surface area contributed by atoms with Gasteiger partial charge in [-0.1, -0.05) is 19.3 Å². The Balaban J connectivity index is 1.91. The highest BCUT2D eigenvalue weighted by molar-refractivity contribution is 7.99. The van der Waals surface area contributed by atoms with E-state index in [0.29, 0.717) is 12.4 Å². The summed E-state index contributed by atoms with van der Waals surface area (Å²) in [4.78, 5) is 8.76. The van der Waals surface area contributed by atoms with Crippen LogP contribution in [0.15, 0.2) is 6.07 Å². The van der Waals surface area contributed by atoms with Gasteiger partial charge in [-0.2, -0.15) is 11.8 Å². The number of methoxy groups -OCH3 is 1. The van der Waals surface area contributed by atoms with Crippen LogP contribution in [-0.4, -0.2) is 22.3 Å². The molecule has 18 heavy (non-hydrogen) atoms. The minimum absolute atomic E-state index is 0.494. The van der Waals surface area contributed by atoms with Gasteiger partial charge >= 0.3 is 0 Å². The minimum atomic E-state index is 0.494. The molecule has 0 unspecified atom stereocenters. The number of nitrogen functional groups attached to an aromatic ring is 1. The largest absolute Gasteiger partial charge is 0.384 e. The first-order valence-electron chi connectivity index (χ1n) is 6.51. The second kappa shape index (κ2) is 6.95. The zero-order valence-electron chi connectivity index (χ0n) is 10.9. The van der Waals surface area contributed by atoms with Crippen LogP contribution in [0.25, 0.3) is 0 Å². The highest BCUT2D eigenvalue weighted by atomic mass is 32.2. The number of ether oxygens (including phenoxy) is 1. The number of nitrogens with zero attached hydrogens (tertiary/aromatic N) is 2. The number of hydrogen-bond acceptors (Lipinski definition) is 5. The number of thioether (sulfide) groups is 1. The monoisotopic (exact) mass is 267 g/mol. The Morgan fingerprint density at radius 3 is 2.83 bits per heavy atom. The molecule has 1 heterocycles. The average Bonchev–Trinajstić information content (AvgIpc) is 2.37. The number of nitrogens with two attached hydrogens (primary N) is 1. The molecular formula is C13H21N3OS. The molecule has 4 nitrogen and oxygen atoms in total. The predicted molar refractivity (Wildman–Crippen MR) is 75.3 cm³/mol. The second-order valence-electron chi connectivity index (χ2n) is 4.70. The summed E-state index contributed by atoms with van der Waals surface area (Å²) in [5, 5.41) is 0.773. The second-order valence-corrected chi connectivity index (χ2v) is 5.99. The summed E-state index contributed by atoms with van der Waals surface area (Å²) in [5.74, 6) is 2.22. The quantitative estimate of drug-likeness (QED) is 0.889. The molecule has 1 saturated carbocycles. The first-order chi connectivity index (χ1) is 8.78. The van der Waals surface area contributed by atoms with Gasteiger partial charge in [0.1, 0.15) is 11.6 Å². The molecule has 1 aliphatic rings. The summed E-state index contributed by atoms with van der Waals surface area (Å²) >= 11 is 1.96. The molecule has 2 rings (SSSR count). The lowest BCUT2D eigenvalue weighted by Gasteiger charge is -2.20. The molecule has 0 amide bonds. The third-order valence-electron chi connectivity index (χ3n) is 3.14. The van der Waals surface area contributed by atoms with E-state index in [1.54, 1.807) is 13.2 Å². The van der Waals surface area contributed by atoms with Gasteiger partial charge in [-0.15, -0.1) is 0 Å². The molecular weight excluding hydrogens is 246 g/mol. The fourth-order valence-electron chi connectivity index (χ4n) is 2.29. The maximum Gasteiger partial charge on any atom is 0.140 e. The smallest absolute Gasteiger partial charge is 0.140 e. The van der Waals surface area contributed by atoms with E-state index in [-0.39, 0.29) is 0 Å². The fourth-order valence-corrected chi connectivity index (χ4v) is 3.47. The molecule has 1 aromatic rings. The van der Waals surface area contributed by atoms with Crippen molar-refractivity contribution in [2.75, 3.05) is 12.8 Å². The third-order valence-corrected chi connectivity index (χ3v) is 4.51. The summed E-state index contributed by atoms with van der Waals surface area (Å²) in [6, 6.07) is 1.78. The summed E-state index contributed by atoms with van der Waals surface area (Å²) in [6.45, 7) is 0.494. The van der Waals surface area contributed by atoms with Gasteiger partial charge in [0.15, 0.2) is 0 Å². The number of rotatable bonds is 5. The fraction of sp³-hybridized carbons (Fsp3) is 0.692. The highest BCUT2D eigenvalue weighted by Gasteiger charge is 2.14. The Labute approximate surface area is 113 Å². The van der Waals surface area contributed by atoms with Crippen molar-refractivity contribution in [1.82, 2.24) is 9.97 Å². The zero-order valence-corrected chi connectivity index (χ0v) is 11.7. The van der Waals surface area contributed by atoms with Crippen molar-refractivity contribution in [3.05, 3.63) is 17.6 Å². The molecule has 0 saturated heterocycles. The van der Waals surface area contributed by atoms with E-state index in [1.807, 2.05) is 11.8 Å². The lowest BCUT2D eigenvalue weighted by Crippen LogP contribution is -2.10. The van der Waals surface area contributed by atoms with Gasteiger partial charge in [-0.25, -0.2) is 9.97 Å². The van der Waals surface area contributed by atoms with Crippen LogP contribution in [0.1, 0.15) is 43.6 Å². The van der Waals surface area contributed by atoms with Gasteiger partial charge in [0.05, 0.1) is 18.1 Å². The predicted octanol–water partition coefficient (Wildman–Crippen LogP) is 2.77. The van der Waals surface area contributed by atoms with Crippen molar-refractivity contribution in [3.8, 4) is 0 Å². The molecule has 2 N–H and O–H groups in total. The molecule has 0 spiro atoms. The Kier molecular flexibility index (Phi) is 5.26. The Morgan fingerprint density at radius 1 is 1.33 bits per heavy atom. The summed E-state index contributed by atoms with van der Waals surface area (Å²) in [5.41, 5.74) is 6.65. The topological polar surface area (TPSA) is 61.0 Å². The Bertz CT molecular complexity index is 380. The van der Waals surface area contributed by atoms with Gasteiger partial charge in [-0.05, 0) is 12.8 Å². The van der Waals surface area contributed by atoms with Gasteiger partial charge in [0.2, 0.25) is 0 Å². The summed E-state index contributed by atoms with van der Waals surface area (Å²) < 4.78 is 5.08. The minimum Gasteiger partial charge on any atom is -0.384 e. The first kappa shape index (κ1) is 13.6. The van der Waals surface area contributed by atoms with E-state index >= 15 is 0 Å². The molecule has 0 radical (unpaired) electrons. The van der Waals surface area contributed by atoms with Crippen LogP contribution in [0.5, 0.6) is 0 Å². The van der Waals surface area contributed by atoms with E-state index in [0.717, 1.165) is 22.5 Å². The Morgan fingerprint density at radius 2 is 2.11 bits per heavy atom. The van der Waals surface area contributed by atoms with E-state index in [4.69, 9.17) is 10.5 Å². The van der Waals surface area contributed by atoms with Gasteiger partial charge in [-0.3, -0.25) is 0 Å². The molecule has 0 aromatic carbocycles. The molecule has 1 fully saturated rings. The van der Waals surface area contributed by atoms with Crippen LogP contribution in [-0.2, 0) is 17.1 Å². The van der Waals surface area contributed by atoms with Crippen LogP contribution in [0.3, 0.4) is 0 Å². The summed E-state index contributed by atoms with van der Waals surface area (Å²) in [7, 11) is 1.66. The normalized spacial score (nSPS) is 16.9. The molecule has 1 aliphatic carbocycles. The standard InChI is InChI=1S/C13H21N3OS/c1-17-8-10-7-12(14)16-13(15-10)9-18-11-5-3-2-4-6-11/h7,11H,2-6,8-9H2,1H3,(H2,14,15,16). The van der Waals surface area contributed by atoms with E-state index < -0.39 is 0 Å². The lowest BCUT2D eigenvalue weighted by atomic mass is 10.0. The van der Waals surface area contributed by atoms with Crippen LogP contribution >= 0.6 is 11.8 Å². The van der Waals surface area contributed by atoms with Crippen molar-refractivity contribution in [3.63, 3.8) is 0 Å². The zero-order chi connectivity index (χ0) is 12.8. The van der Waals surface area contributed by atoms with Crippen molar-refractivity contribution in [1.29, 1.82) is 0 Å². The van der Waals surface area contributed by atoms with Crippen molar-refractivity contribution < 1.29 is 4.74 Å². The highest BCUT2D eigenvalue weighted by Crippen LogP contribution is 2.29. The SMILES string of the molecule is COCc1cc(N)nc(CSC2CCCCC2)n1. The van der Waals surface area contributed by atoms with Gasteiger partial charge in [0.25, 0.3) is 0 Å². The Hall–Kier alpha value is -0.810. The molecule has 0 aliphatic heterocycles. The molecule has 0 bridgehead atoms. The first-order valence-corrected chi connectivity index (χ1v) is 7.55. The molecule has 1 aromatic heterocycles. The summed E-state index contributed by atoms with van der Waals surface area (Å²) in [6.07, 6.45) is 6.79. The van der Waals surface area contributed by atoms with Crippen molar-refractivity contribution in [2.24, 2.45) is 0 Å². The van der Waals surface area contributed by atoms with Crippen molar-refractivity contribution >= 4 is 17.6 Å². The third kappa shape index (κ3) is 4.14. The molecule has 0 atom stereocenters.